The van der Waals surface area contributed by atoms with Crippen LogP contribution in [0, 0.1) is 24.4 Å². The van der Waals surface area contributed by atoms with Crippen molar-refractivity contribution in [2.24, 2.45) is 11.8 Å². The van der Waals surface area contributed by atoms with Gasteiger partial charge in [0.15, 0.2) is 0 Å². The molecule has 0 aliphatic rings. The Hall–Kier alpha value is -0.807. The number of rotatable bonds is 8. The van der Waals surface area contributed by atoms with Crippen LogP contribution in [0.3, 0.4) is 0 Å². The number of nitrogens with zero attached hydrogens (tertiary/aromatic N) is 1. The molecule has 0 radical (unpaired) electrons. The van der Waals surface area contributed by atoms with Gasteiger partial charge in [0.1, 0.15) is 0 Å². The second-order valence-corrected chi connectivity index (χ2v) is 13.9. The van der Waals surface area contributed by atoms with E-state index in [4.69, 9.17) is 9.64 Å². The molecule has 0 fully saturated rings. The Morgan fingerprint density at radius 3 is 1.71 bits per heavy atom. The van der Waals surface area contributed by atoms with Gasteiger partial charge >= 0.3 is 38.3 Å². The summed E-state index contributed by atoms with van der Waals surface area (Å²) in [6.07, 6.45) is 2.23. The van der Waals surface area contributed by atoms with Crippen LogP contribution in [0.2, 0.25) is 0 Å². The van der Waals surface area contributed by atoms with Gasteiger partial charge < -0.3 is 5.92 Å². The molecule has 34 heavy (non-hydrogen) atoms. The van der Waals surface area contributed by atoms with E-state index in [2.05, 4.69) is 114 Å². The van der Waals surface area contributed by atoms with Crippen molar-refractivity contribution >= 4 is 39.4 Å². The molecule has 0 N–H and O–H groups in total. The maximum absolute atomic E-state index is 7.50. The molecule has 3 rings (SSSR count). The summed E-state index contributed by atoms with van der Waals surface area (Å²) in [4.78, 5) is 5.32. The second-order valence-electron chi connectivity index (χ2n) is 10.1. The van der Waals surface area contributed by atoms with Crippen LogP contribution < -0.4 is 0 Å². The minimum absolute atomic E-state index is 0.469. The van der Waals surface area contributed by atoms with Crippen LogP contribution in [-0.4, -0.2) is 16.3 Å². The van der Waals surface area contributed by atoms with Crippen molar-refractivity contribution in [2.45, 2.75) is 79.3 Å². The number of fused-ring (bicyclic) bond motifs is 2. The molecule has 2 nitrogen and oxygen atoms in total. The van der Waals surface area contributed by atoms with Gasteiger partial charge in [0, 0.05) is 24.3 Å². The van der Waals surface area contributed by atoms with Gasteiger partial charge in [-0.3, -0.25) is 0 Å². The van der Waals surface area contributed by atoms with E-state index in [-0.39, 0.29) is 0 Å². The van der Waals surface area contributed by atoms with E-state index < -0.39 is 7.92 Å². The van der Waals surface area contributed by atoms with E-state index in [1.165, 1.54) is 39.1 Å². The van der Waals surface area contributed by atoms with Gasteiger partial charge in [0.2, 0.25) is 0 Å². The van der Waals surface area contributed by atoms with E-state index in [1.807, 2.05) is 0 Å². The van der Waals surface area contributed by atoms with Gasteiger partial charge in [-0.05, 0) is 33.8 Å². The van der Waals surface area contributed by atoms with Crippen molar-refractivity contribution in [3.63, 3.8) is 0 Å². The number of hydrogen-bond donors (Lipinski definition) is 0. The third-order valence-electron chi connectivity index (χ3n) is 6.59. The van der Waals surface area contributed by atoms with Gasteiger partial charge in [0.25, 0.3) is 0 Å². The number of halogens is 1. The summed E-state index contributed by atoms with van der Waals surface area (Å²) in [5, 5.41) is 2.55. The zero-order chi connectivity index (χ0) is 26.0. The van der Waals surface area contributed by atoms with Crippen LogP contribution in [0.25, 0.3) is 21.8 Å². The average Bonchev–Trinajstić information content (AvgIpc) is 2.81. The number of pyridine rings is 1. The van der Waals surface area contributed by atoms with E-state index in [0.29, 0.717) is 11.8 Å². The summed E-state index contributed by atoms with van der Waals surface area (Å²) in [7, 11) is 4.14. The maximum atomic E-state index is 7.50. The first-order valence-electron chi connectivity index (χ1n) is 12.0. The third-order valence-corrected chi connectivity index (χ3v) is 10.3. The van der Waals surface area contributed by atoms with Crippen molar-refractivity contribution < 1.29 is 22.0 Å². The predicted molar refractivity (Wildman–Crippen MR) is 149 cm³/mol. The van der Waals surface area contributed by atoms with E-state index in [1.54, 1.807) is 23.2 Å². The van der Waals surface area contributed by atoms with Crippen LogP contribution in [0.15, 0.2) is 42.5 Å². The number of para-hydroxylation sites is 2. The molecule has 0 atom stereocenters. The monoisotopic (exact) mass is 587 g/mol. The minimum atomic E-state index is -0.469. The first-order valence-corrected chi connectivity index (χ1v) is 16.3. The van der Waals surface area contributed by atoms with Crippen molar-refractivity contribution in [1.29, 1.82) is 0 Å². The number of benzene rings is 2. The summed E-state index contributed by atoms with van der Waals surface area (Å²) in [5.74, 6) is 2.81. The van der Waals surface area contributed by atoms with Gasteiger partial charge in [-0.15, -0.1) is 6.42 Å². The first-order chi connectivity index (χ1) is 16.2. The zero-order valence-corrected chi connectivity index (χ0v) is 25.5. The fourth-order valence-electron chi connectivity index (χ4n) is 4.88. The standard InChI is InChI=1S/C28H39NP.CO.ClH.Ru.H/c1-18(2)26(19(3)4)16-24-13-9-11-22-15-23-12-10-14-25(28(23)29-27(22)24)17-30(20(5)6)21(7)8;1-2;;;/h9-15,18-21H,16-17H2,1-8H3;;1H;;/q-1;;;+1;. The summed E-state index contributed by atoms with van der Waals surface area (Å²) < 4.78 is 7.50. The van der Waals surface area contributed by atoms with Crippen molar-refractivity contribution in [3.05, 3.63) is 66.2 Å². The molecule has 3 aromatic rings. The predicted octanol–water partition coefficient (Wildman–Crippen LogP) is 8.73. The van der Waals surface area contributed by atoms with Gasteiger partial charge in [-0.25, -0.2) is 4.98 Å². The Balaban J connectivity index is 0.00000137. The molecular weight excluding hydrogens is 546 g/mol. The van der Waals surface area contributed by atoms with Crippen LogP contribution in [-0.2, 0) is 34.5 Å². The summed E-state index contributed by atoms with van der Waals surface area (Å²) >= 11 is 1.62. The second kappa shape index (κ2) is 15.3. The van der Waals surface area contributed by atoms with Crippen molar-refractivity contribution in [1.82, 2.24) is 4.98 Å². The molecule has 1 aromatic heterocycles. The van der Waals surface area contributed by atoms with E-state index in [9.17, 15) is 0 Å². The molecule has 0 saturated carbocycles. The molecule has 2 aromatic carbocycles. The topological polar surface area (TPSA) is 32.8 Å². The Morgan fingerprint density at radius 2 is 1.26 bits per heavy atom. The van der Waals surface area contributed by atoms with Crippen LogP contribution in [0.5, 0.6) is 0 Å². The average molecular weight is 587 g/mol. The molecule has 0 bridgehead atoms. The van der Waals surface area contributed by atoms with Crippen LogP contribution >= 0.6 is 17.6 Å². The molecule has 0 spiro atoms. The molecular formula is C29H41ClNOPRu. The van der Waals surface area contributed by atoms with Gasteiger partial charge in [-0.2, -0.15) is 11.8 Å². The molecule has 0 amide bonds. The molecule has 0 aliphatic carbocycles. The zero-order valence-electron chi connectivity index (χ0n) is 21.9. The molecule has 5 heteroatoms. The Bertz CT molecular complexity index is 955. The fourth-order valence-corrected chi connectivity index (χ4v) is 7.76. The molecule has 0 unspecified atom stereocenters. The summed E-state index contributed by atoms with van der Waals surface area (Å²) in [5.41, 5.74) is 6.78. The van der Waals surface area contributed by atoms with Crippen molar-refractivity contribution in [3.8, 4) is 0 Å². The van der Waals surface area contributed by atoms with Gasteiger partial charge in [0.05, 0.1) is 28.5 Å². The number of aromatic nitrogens is 1. The van der Waals surface area contributed by atoms with Crippen LogP contribution in [0.1, 0.15) is 66.5 Å². The van der Waals surface area contributed by atoms with E-state index >= 15 is 0 Å². The fraction of sp³-hybridized carbons (Fsp3) is 0.483. The number of hydrogen-bond acceptors (Lipinski definition) is 1. The first kappa shape index (κ1) is 31.2. The Labute approximate surface area is 222 Å². The SMILES string of the molecule is CC(C)[C-](Cc1cccc2cc3cccc(C[PH+](C(C)C)C(C)C)c3nc12)C(C)C.[C-]#[O+].[Cl][RuH]. The Morgan fingerprint density at radius 1 is 0.824 bits per heavy atom. The normalized spacial score (nSPS) is 11.5. The van der Waals surface area contributed by atoms with E-state index in [0.717, 1.165) is 17.7 Å². The molecule has 0 saturated heterocycles. The third kappa shape index (κ3) is 8.12. The van der Waals surface area contributed by atoms with Gasteiger partial charge in [-0.1, -0.05) is 69.7 Å². The van der Waals surface area contributed by atoms with Crippen LogP contribution in [0.4, 0.5) is 0 Å². The molecule has 188 valence electrons. The summed E-state index contributed by atoms with van der Waals surface area (Å²) in [6.45, 7) is 23.4. The Kier molecular flexibility index (Phi) is 14.1. The quantitative estimate of drug-likeness (QED) is 0.0854. The molecule has 1 heterocycles. The molecule has 0 aliphatic heterocycles. The summed E-state index contributed by atoms with van der Waals surface area (Å²) in [6, 6.07) is 15.8. The van der Waals surface area contributed by atoms with Crippen molar-refractivity contribution in [2.75, 3.05) is 0 Å².